The van der Waals surface area contributed by atoms with Crippen LogP contribution >= 0.6 is 0 Å². The average molecular weight is 793 g/mol. The van der Waals surface area contributed by atoms with E-state index < -0.39 is 8.07 Å². The lowest BCUT2D eigenvalue weighted by Crippen LogP contribution is -2.41. The van der Waals surface area contributed by atoms with E-state index in [0.717, 1.165) is 11.0 Å². The molecule has 58 heavy (non-hydrogen) atoms. The van der Waals surface area contributed by atoms with Gasteiger partial charge in [-0.05, 0) is 90.5 Å². The first-order valence-corrected chi connectivity index (χ1v) is 26.5. The van der Waals surface area contributed by atoms with Crippen molar-refractivity contribution < 1.29 is 9.31 Å². The van der Waals surface area contributed by atoms with Crippen molar-refractivity contribution in [1.82, 2.24) is 0 Å². The van der Waals surface area contributed by atoms with Crippen LogP contribution in [0.5, 0.6) is 0 Å². The summed E-state index contributed by atoms with van der Waals surface area (Å²) in [6.45, 7) is 20.6. The molecule has 4 heteroatoms. The first kappa shape index (κ1) is 44.1. The molecule has 2 nitrogen and oxygen atoms in total. The molecule has 308 valence electrons. The van der Waals surface area contributed by atoms with Gasteiger partial charge in [0.1, 0.15) is 0 Å². The van der Waals surface area contributed by atoms with E-state index in [1.54, 1.807) is 16.3 Å². The van der Waals surface area contributed by atoms with Crippen LogP contribution in [-0.2, 0) is 14.7 Å². The smallest absolute Gasteiger partial charge is 0.399 e. The standard InChI is InChI=1S/C54H73BO2Si/c1-10-12-14-16-18-20-38-54(39-21-19-17-15-13-11-2)50-40-45(32-36-48(50)49-37-35-47(41-51(49)54)58(7,8)9)29-28-43-24-22-42(23-25-43)26-27-44-30-33-46(34-31-44)55-56-52(3,4)53(5,6)57-55/h22-37,40-41H,10-21,38-39H2,1-9H3/b27-26+,29-28+. The van der Waals surface area contributed by atoms with Gasteiger partial charge in [-0.25, -0.2) is 0 Å². The van der Waals surface area contributed by atoms with E-state index in [2.05, 4.69) is 170 Å². The molecule has 1 aliphatic carbocycles. The number of rotatable bonds is 20. The second kappa shape index (κ2) is 19.3. The Morgan fingerprint density at radius 3 is 1.36 bits per heavy atom. The molecular weight excluding hydrogens is 719 g/mol. The van der Waals surface area contributed by atoms with Crippen molar-refractivity contribution in [2.75, 3.05) is 0 Å². The van der Waals surface area contributed by atoms with Crippen LogP contribution in [0.1, 0.15) is 165 Å². The van der Waals surface area contributed by atoms with E-state index in [4.69, 9.17) is 9.31 Å². The first-order valence-electron chi connectivity index (χ1n) is 23.0. The average Bonchev–Trinajstić information content (AvgIpc) is 3.60. The molecule has 2 aliphatic rings. The quantitative estimate of drug-likeness (QED) is 0.0504. The molecule has 1 heterocycles. The van der Waals surface area contributed by atoms with Crippen molar-refractivity contribution in [3.63, 3.8) is 0 Å². The summed E-state index contributed by atoms with van der Waals surface area (Å²) < 4.78 is 12.5. The van der Waals surface area contributed by atoms with Crippen molar-refractivity contribution in [3.05, 3.63) is 118 Å². The second-order valence-electron chi connectivity index (χ2n) is 19.5. The van der Waals surface area contributed by atoms with Gasteiger partial charge < -0.3 is 9.31 Å². The number of unbranched alkanes of at least 4 members (excludes halogenated alkanes) is 10. The summed E-state index contributed by atoms with van der Waals surface area (Å²) in [6, 6.07) is 32.4. The molecule has 0 radical (unpaired) electrons. The molecule has 0 atom stereocenters. The van der Waals surface area contributed by atoms with Crippen LogP contribution in [0.2, 0.25) is 19.6 Å². The van der Waals surface area contributed by atoms with Crippen LogP contribution in [0, 0.1) is 0 Å². The highest BCUT2D eigenvalue weighted by Gasteiger charge is 2.51. The Hall–Kier alpha value is -3.44. The molecule has 0 N–H and O–H groups in total. The number of hydrogen-bond donors (Lipinski definition) is 0. The third kappa shape index (κ3) is 10.5. The van der Waals surface area contributed by atoms with Crippen molar-refractivity contribution in [1.29, 1.82) is 0 Å². The minimum atomic E-state index is -1.47. The van der Waals surface area contributed by atoms with E-state index in [9.17, 15) is 0 Å². The minimum Gasteiger partial charge on any atom is -0.399 e. The van der Waals surface area contributed by atoms with E-state index >= 15 is 0 Å². The predicted octanol–water partition coefficient (Wildman–Crippen LogP) is 14.6. The van der Waals surface area contributed by atoms with Gasteiger partial charge in [-0.15, -0.1) is 0 Å². The lowest BCUT2D eigenvalue weighted by molar-refractivity contribution is 0.00578. The van der Waals surface area contributed by atoms with Crippen molar-refractivity contribution in [3.8, 4) is 11.1 Å². The van der Waals surface area contributed by atoms with E-state index in [1.165, 1.54) is 118 Å². The van der Waals surface area contributed by atoms with Crippen molar-refractivity contribution >= 4 is 50.1 Å². The fourth-order valence-corrected chi connectivity index (χ4v) is 10.2. The topological polar surface area (TPSA) is 18.5 Å². The van der Waals surface area contributed by atoms with Crippen LogP contribution in [0.15, 0.2) is 84.9 Å². The molecular formula is C54H73BO2Si. The highest BCUT2D eigenvalue weighted by atomic mass is 28.3. The summed E-state index contributed by atoms with van der Waals surface area (Å²) in [5, 5.41) is 1.60. The molecule has 4 aromatic rings. The minimum absolute atomic E-state index is 0.0971. The zero-order valence-corrected chi connectivity index (χ0v) is 38.7. The Kier molecular flexibility index (Phi) is 14.7. The summed E-state index contributed by atoms with van der Waals surface area (Å²) >= 11 is 0. The normalized spacial score (nSPS) is 16.7. The maximum atomic E-state index is 6.25. The van der Waals surface area contributed by atoms with Gasteiger partial charge in [-0.1, -0.05) is 225 Å². The van der Waals surface area contributed by atoms with Gasteiger partial charge in [0.2, 0.25) is 0 Å². The summed E-state index contributed by atoms with van der Waals surface area (Å²) in [6.07, 6.45) is 27.6. The maximum Gasteiger partial charge on any atom is 0.494 e. The lowest BCUT2D eigenvalue weighted by atomic mass is 9.70. The molecule has 0 amide bonds. The summed E-state index contributed by atoms with van der Waals surface area (Å²) in [5.74, 6) is 0. The Labute approximate surface area is 355 Å². The number of fused-ring (bicyclic) bond motifs is 3. The van der Waals surface area contributed by atoms with E-state index in [0.29, 0.717) is 0 Å². The summed E-state index contributed by atoms with van der Waals surface area (Å²) in [7, 11) is -1.81. The molecule has 0 aromatic heterocycles. The van der Waals surface area contributed by atoms with Gasteiger partial charge in [-0.3, -0.25) is 0 Å². The van der Waals surface area contributed by atoms with Crippen molar-refractivity contribution in [2.45, 2.75) is 168 Å². The maximum absolute atomic E-state index is 6.25. The molecule has 4 aromatic carbocycles. The fraction of sp³-hybridized carbons (Fsp3) is 0.481. The molecule has 0 bridgehead atoms. The van der Waals surface area contributed by atoms with Crippen molar-refractivity contribution in [2.24, 2.45) is 0 Å². The van der Waals surface area contributed by atoms with E-state index in [-0.39, 0.29) is 23.7 Å². The highest BCUT2D eigenvalue weighted by molar-refractivity contribution is 6.88. The largest absolute Gasteiger partial charge is 0.494 e. The van der Waals surface area contributed by atoms with Crippen LogP contribution in [-0.4, -0.2) is 26.4 Å². The van der Waals surface area contributed by atoms with Gasteiger partial charge in [0, 0.05) is 5.41 Å². The molecule has 1 fully saturated rings. The third-order valence-corrected chi connectivity index (χ3v) is 15.5. The Bertz CT molecular complexity index is 1960. The first-order chi connectivity index (χ1) is 27.8. The van der Waals surface area contributed by atoms with Gasteiger partial charge in [-0.2, -0.15) is 0 Å². The monoisotopic (exact) mass is 793 g/mol. The van der Waals surface area contributed by atoms with Gasteiger partial charge in [0.05, 0.1) is 19.3 Å². The van der Waals surface area contributed by atoms with Crippen LogP contribution in [0.3, 0.4) is 0 Å². The van der Waals surface area contributed by atoms with Gasteiger partial charge in [0.25, 0.3) is 0 Å². The number of benzene rings is 4. The molecule has 1 aliphatic heterocycles. The fourth-order valence-electron chi connectivity index (χ4n) is 9.01. The van der Waals surface area contributed by atoms with Gasteiger partial charge >= 0.3 is 7.12 Å². The van der Waals surface area contributed by atoms with Crippen LogP contribution in [0.25, 0.3) is 35.4 Å². The number of hydrogen-bond acceptors (Lipinski definition) is 2. The predicted molar refractivity (Wildman–Crippen MR) is 258 cm³/mol. The van der Waals surface area contributed by atoms with Crippen LogP contribution in [0.4, 0.5) is 0 Å². The third-order valence-electron chi connectivity index (χ3n) is 13.5. The molecule has 0 saturated carbocycles. The lowest BCUT2D eigenvalue weighted by Gasteiger charge is -2.34. The highest BCUT2D eigenvalue weighted by Crippen LogP contribution is 2.54. The second-order valence-corrected chi connectivity index (χ2v) is 24.6. The molecule has 0 spiro atoms. The van der Waals surface area contributed by atoms with Gasteiger partial charge in [0.15, 0.2) is 0 Å². The van der Waals surface area contributed by atoms with Crippen LogP contribution < -0.4 is 10.6 Å². The zero-order chi connectivity index (χ0) is 41.4. The Morgan fingerprint density at radius 2 is 0.879 bits per heavy atom. The Morgan fingerprint density at radius 1 is 0.483 bits per heavy atom. The Balaban J connectivity index is 1.20. The molecule has 6 rings (SSSR count). The summed E-state index contributed by atoms with van der Waals surface area (Å²) in [4.78, 5) is 0. The summed E-state index contributed by atoms with van der Waals surface area (Å²) in [5.41, 5.74) is 11.5. The zero-order valence-electron chi connectivity index (χ0n) is 37.7. The SMILES string of the molecule is CCCCCCCCC1(CCCCCCCC)c2cc(/C=C/c3ccc(/C=C/c4ccc(B5OC(C)(C)C(C)(C)O5)cc4)cc3)ccc2-c2ccc([Si](C)(C)C)cc21. The molecule has 1 saturated heterocycles. The molecule has 0 unspecified atom stereocenters. The van der Waals surface area contributed by atoms with E-state index in [1.807, 2.05) is 0 Å².